The van der Waals surface area contributed by atoms with Crippen molar-refractivity contribution in [2.45, 2.75) is 46.7 Å². The third kappa shape index (κ3) is 3.47. The topological polar surface area (TPSA) is 34.0 Å². The van der Waals surface area contributed by atoms with Crippen LogP contribution >= 0.6 is 0 Å². The molecule has 0 aliphatic rings. The molecule has 0 radical (unpaired) electrons. The number of nitrogens with zero attached hydrogens (tertiary/aromatic N) is 1. The molecule has 1 aromatic heterocycles. The van der Waals surface area contributed by atoms with Gasteiger partial charge in [0, 0.05) is 25.2 Å². The minimum Gasteiger partial charge on any atom is -0.311 e. The molecule has 0 fully saturated rings. The van der Waals surface area contributed by atoms with Crippen LogP contribution in [0, 0.1) is 13.8 Å². The quantitative estimate of drug-likeness (QED) is 0.916. The molecule has 0 aliphatic heterocycles. The highest BCUT2D eigenvalue weighted by Gasteiger charge is 2.09. The molecule has 0 aliphatic carbocycles. The summed E-state index contributed by atoms with van der Waals surface area (Å²) in [6.45, 7) is 9.09. The van der Waals surface area contributed by atoms with E-state index in [1.54, 1.807) is 4.57 Å². The normalized spacial score (nSPS) is 12.4. The largest absolute Gasteiger partial charge is 0.311 e. The van der Waals surface area contributed by atoms with E-state index in [-0.39, 0.29) is 5.56 Å². The number of pyridine rings is 1. The van der Waals surface area contributed by atoms with E-state index >= 15 is 0 Å². The molecular weight excluding hydrogens is 272 g/mol. The monoisotopic (exact) mass is 298 g/mol. The zero-order valence-electron chi connectivity index (χ0n) is 14.2. The van der Waals surface area contributed by atoms with E-state index in [0.717, 1.165) is 23.2 Å². The van der Waals surface area contributed by atoms with Crippen molar-refractivity contribution >= 4 is 0 Å². The van der Waals surface area contributed by atoms with Gasteiger partial charge in [0.05, 0.1) is 5.69 Å². The average Bonchev–Trinajstić information content (AvgIpc) is 2.51. The number of rotatable bonds is 5. The minimum absolute atomic E-state index is 0.0755. The highest BCUT2D eigenvalue weighted by molar-refractivity contribution is 5.61. The summed E-state index contributed by atoms with van der Waals surface area (Å²) < 4.78 is 1.75. The van der Waals surface area contributed by atoms with Crippen LogP contribution in [-0.4, -0.2) is 10.6 Å². The van der Waals surface area contributed by atoms with Crippen LogP contribution in [0.1, 0.15) is 37.0 Å². The molecule has 0 saturated carbocycles. The van der Waals surface area contributed by atoms with Crippen LogP contribution in [0.2, 0.25) is 0 Å². The lowest BCUT2D eigenvalue weighted by Gasteiger charge is -2.14. The van der Waals surface area contributed by atoms with Crippen molar-refractivity contribution in [1.29, 1.82) is 0 Å². The maximum absolute atomic E-state index is 12.5. The third-order valence-corrected chi connectivity index (χ3v) is 4.44. The van der Waals surface area contributed by atoms with E-state index in [9.17, 15) is 4.79 Å². The van der Waals surface area contributed by atoms with Crippen LogP contribution in [0.15, 0.2) is 35.1 Å². The lowest BCUT2D eigenvalue weighted by Crippen LogP contribution is -2.30. The fraction of sp³-hybridized carbons (Fsp3) is 0.421. The summed E-state index contributed by atoms with van der Waals surface area (Å²) in [7, 11) is 1.85. The molecule has 1 aromatic carbocycles. The van der Waals surface area contributed by atoms with Gasteiger partial charge in [0.1, 0.15) is 0 Å². The second-order valence-electron chi connectivity index (χ2n) is 6.10. The second-order valence-corrected chi connectivity index (χ2v) is 6.10. The Labute approximate surface area is 133 Å². The van der Waals surface area contributed by atoms with Gasteiger partial charge in [-0.3, -0.25) is 4.79 Å². The van der Waals surface area contributed by atoms with Crippen molar-refractivity contribution in [2.24, 2.45) is 7.05 Å². The van der Waals surface area contributed by atoms with Crippen LogP contribution in [0.3, 0.4) is 0 Å². The Hall–Kier alpha value is -1.87. The number of aryl methyl sites for hydroxylation is 2. The Morgan fingerprint density at radius 3 is 2.50 bits per heavy atom. The molecule has 22 heavy (non-hydrogen) atoms. The first-order valence-electron chi connectivity index (χ1n) is 7.94. The molecule has 0 saturated heterocycles. The van der Waals surface area contributed by atoms with Gasteiger partial charge in [0.25, 0.3) is 5.56 Å². The van der Waals surface area contributed by atoms with Crippen LogP contribution in [0.4, 0.5) is 0 Å². The first-order valence-corrected chi connectivity index (χ1v) is 7.94. The predicted octanol–water partition coefficient (Wildman–Crippen LogP) is 3.56. The molecule has 0 bridgehead atoms. The average molecular weight is 298 g/mol. The van der Waals surface area contributed by atoms with Crippen LogP contribution < -0.4 is 10.9 Å². The van der Waals surface area contributed by atoms with Crippen LogP contribution in [-0.2, 0) is 13.6 Å². The molecule has 2 rings (SSSR count). The van der Waals surface area contributed by atoms with Crippen LogP contribution in [0.25, 0.3) is 11.3 Å². The standard InChI is InChI=1S/C19H26N2O/c1-6-15(4)20-12-17-9-10-18(21(5)19(17)22)16-8-7-13(2)14(3)11-16/h7-11,15,20H,6,12H2,1-5H3. The summed E-state index contributed by atoms with van der Waals surface area (Å²) in [5, 5.41) is 3.38. The summed E-state index contributed by atoms with van der Waals surface area (Å²) >= 11 is 0. The SMILES string of the molecule is CCC(C)NCc1ccc(-c2ccc(C)c(C)c2)n(C)c1=O. The molecule has 1 heterocycles. The summed E-state index contributed by atoms with van der Waals surface area (Å²) in [6.07, 6.45) is 1.06. The van der Waals surface area contributed by atoms with Gasteiger partial charge in [0.2, 0.25) is 0 Å². The number of hydrogen-bond donors (Lipinski definition) is 1. The molecule has 1 unspecified atom stereocenters. The first-order chi connectivity index (χ1) is 10.4. The van der Waals surface area contributed by atoms with Gasteiger partial charge in [-0.05, 0) is 56.0 Å². The predicted molar refractivity (Wildman–Crippen MR) is 93.2 cm³/mol. The van der Waals surface area contributed by atoms with E-state index < -0.39 is 0 Å². The van der Waals surface area contributed by atoms with Crippen molar-refractivity contribution in [3.8, 4) is 11.3 Å². The number of benzene rings is 1. The van der Waals surface area contributed by atoms with Gasteiger partial charge in [0.15, 0.2) is 0 Å². The number of nitrogens with one attached hydrogen (secondary N) is 1. The number of hydrogen-bond acceptors (Lipinski definition) is 2. The summed E-state index contributed by atoms with van der Waals surface area (Å²) in [4.78, 5) is 12.5. The van der Waals surface area contributed by atoms with E-state index in [2.05, 4.69) is 51.2 Å². The highest BCUT2D eigenvalue weighted by atomic mass is 16.1. The fourth-order valence-corrected chi connectivity index (χ4v) is 2.44. The Kier molecular flexibility index (Phi) is 5.19. The first kappa shape index (κ1) is 16.5. The second kappa shape index (κ2) is 6.93. The molecule has 118 valence electrons. The van der Waals surface area contributed by atoms with Gasteiger partial charge in [-0.1, -0.05) is 25.1 Å². The minimum atomic E-state index is 0.0755. The van der Waals surface area contributed by atoms with Gasteiger partial charge in [-0.25, -0.2) is 0 Å². The lowest BCUT2D eigenvalue weighted by atomic mass is 10.0. The van der Waals surface area contributed by atoms with Crippen molar-refractivity contribution in [3.05, 3.63) is 57.4 Å². The zero-order valence-corrected chi connectivity index (χ0v) is 14.2. The number of aromatic nitrogens is 1. The van der Waals surface area contributed by atoms with Gasteiger partial charge in [-0.15, -0.1) is 0 Å². The third-order valence-electron chi connectivity index (χ3n) is 4.44. The van der Waals surface area contributed by atoms with E-state index in [4.69, 9.17) is 0 Å². The molecule has 0 spiro atoms. The van der Waals surface area contributed by atoms with Crippen molar-refractivity contribution < 1.29 is 0 Å². The molecule has 3 heteroatoms. The molecular formula is C19H26N2O. The van der Waals surface area contributed by atoms with Crippen molar-refractivity contribution in [1.82, 2.24) is 9.88 Å². The lowest BCUT2D eigenvalue weighted by molar-refractivity contribution is 0.531. The Balaban J connectivity index is 2.34. The Bertz CT molecular complexity index is 716. The highest BCUT2D eigenvalue weighted by Crippen LogP contribution is 2.21. The molecule has 1 N–H and O–H groups in total. The summed E-state index contributed by atoms with van der Waals surface area (Å²) in [6, 6.07) is 10.7. The molecule has 0 amide bonds. The van der Waals surface area contributed by atoms with Gasteiger partial charge < -0.3 is 9.88 Å². The van der Waals surface area contributed by atoms with Gasteiger partial charge in [-0.2, -0.15) is 0 Å². The summed E-state index contributed by atoms with van der Waals surface area (Å²) in [5.41, 5.74) is 5.45. The van der Waals surface area contributed by atoms with Crippen LogP contribution in [0.5, 0.6) is 0 Å². The smallest absolute Gasteiger partial charge is 0.255 e. The molecule has 3 nitrogen and oxygen atoms in total. The maximum Gasteiger partial charge on any atom is 0.255 e. The van der Waals surface area contributed by atoms with Gasteiger partial charge >= 0.3 is 0 Å². The Morgan fingerprint density at radius 2 is 1.86 bits per heavy atom. The fourth-order valence-electron chi connectivity index (χ4n) is 2.44. The summed E-state index contributed by atoms with van der Waals surface area (Å²) in [5.74, 6) is 0. The molecule has 1 atom stereocenters. The van der Waals surface area contributed by atoms with E-state index in [1.165, 1.54) is 11.1 Å². The maximum atomic E-state index is 12.5. The van der Waals surface area contributed by atoms with Crippen molar-refractivity contribution in [3.63, 3.8) is 0 Å². The van der Waals surface area contributed by atoms with Crippen molar-refractivity contribution in [2.75, 3.05) is 0 Å². The Morgan fingerprint density at radius 1 is 1.14 bits per heavy atom. The molecule has 2 aromatic rings. The van der Waals surface area contributed by atoms with E-state index in [0.29, 0.717) is 12.6 Å². The zero-order chi connectivity index (χ0) is 16.3. The van der Waals surface area contributed by atoms with E-state index in [1.807, 2.05) is 19.2 Å².